The SMILES string of the molecule is CCCCc1oc2ccccc2c1CN(C)C(=O)c1cc(=O)c2ccccc2o1. The molecule has 29 heavy (non-hydrogen) atoms. The van der Waals surface area contributed by atoms with Crippen LogP contribution < -0.4 is 5.43 Å². The molecule has 0 radical (unpaired) electrons. The van der Waals surface area contributed by atoms with Crippen LogP contribution in [0.3, 0.4) is 0 Å². The van der Waals surface area contributed by atoms with E-state index < -0.39 is 0 Å². The molecule has 4 aromatic rings. The van der Waals surface area contributed by atoms with E-state index in [2.05, 4.69) is 6.92 Å². The number of hydrogen-bond acceptors (Lipinski definition) is 4. The predicted octanol–water partition coefficient (Wildman–Crippen LogP) is 5.15. The lowest BCUT2D eigenvalue weighted by Gasteiger charge is -2.17. The molecule has 0 unspecified atom stereocenters. The van der Waals surface area contributed by atoms with E-state index in [1.54, 1.807) is 36.2 Å². The quantitative estimate of drug-likeness (QED) is 0.457. The molecule has 0 aliphatic rings. The van der Waals surface area contributed by atoms with Gasteiger partial charge in [0.2, 0.25) is 0 Å². The molecule has 4 rings (SSSR count). The van der Waals surface area contributed by atoms with Crippen molar-refractivity contribution in [3.63, 3.8) is 0 Å². The third-order valence-corrected chi connectivity index (χ3v) is 5.13. The van der Waals surface area contributed by atoms with Crippen LogP contribution in [-0.2, 0) is 13.0 Å². The van der Waals surface area contributed by atoms with E-state index in [9.17, 15) is 9.59 Å². The highest BCUT2D eigenvalue weighted by molar-refractivity contribution is 5.93. The Hall–Kier alpha value is -3.34. The summed E-state index contributed by atoms with van der Waals surface area (Å²) in [6, 6.07) is 16.1. The van der Waals surface area contributed by atoms with Crippen molar-refractivity contribution in [2.24, 2.45) is 0 Å². The molecule has 1 amide bonds. The van der Waals surface area contributed by atoms with Crippen LogP contribution in [0.15, 0.2) is 68.2 Å². The van der Waals surface area contributed by atoms with Crippen LogP contribution in [0.5, 0.6) is 0 Å². The van der Waals surface area contributed by atoms with Crippen molar-refractivity contribution in [2.75, 3.05) is 7.05 Å². The Morgan fingerprint density at radius 2 is 1.62 bits per heavy atom. The van der Waals surface area contributed by atoms with E-state index in [-0.39, 0.29) is 17.1 Å². The van der Waals surface area contributed by atoms with Crippen molar-refractivity contribution in [3.05, 3.63) is 81.9 Å². The minimum absolute atomic E-state index is 0.0408. The Bertz CT molecular complexity index is 1230. The number of rotatable bonds is 6. The number of carbonyl (C=O) groups is 1. The summed E-state index contributed by atoms with van der Waals surface area (Å²) in [5.41, 5.74) is 2.02. The molecule has 0 aliphatic carbocycles. The van der Waals surface area contributed by atoms with Crippen LogP contribution in [0.25, 0.3) is 21.9 Å². The maximum absolute atomic E-state index is 13.0. The summed E-state index contributed by atoms with van der Waals surface area (Å²) >= 11 is 0. The lowest BCUT2D eigenvalue weighted by Crippen LogP contribution is -2.27. The normalized spacial score (nSPS) is 11.2. The van der Waals surface area contributed by atoms with Crippen LogP contribution in [0, 0.1) is 0 Å². The summed E-state index contributed by atoms with van der Waals surface area (Å²) in [5.74, 6) is 0.617. The molecular weight excluding hydrogens is 366 g/mol. The molecule has 5 nitrogen and oxygen atoms in total. The lowest BCUT2D eigenvalue weighted by atomic mass is 10.1. The van der Waals surface area contributed by atoms with Crippen molar-refractivity contribution in [3.8, 4) is 0 Å². The van der Waals surface area contributed by atoms with Gasteiger partial charge in [0.25, 0.3) is 5.91 Å². The highest BCUT2D eigenvalue weighted by Gasteiger charge is 2.21. The van der Waals surface area contributed by atoms with E-state index in [1.165, 1.54) is 6.07 Å². The zero-order chi connectivity index (χ0) is 20.4. The second-order valence-electron chi connectivity index (χ2n) is 7.24. The Labute approximate surface area is 168 Å². The maximum atomic E-state index is 13.0. The first-order valence-electron chi connectivity index (χ1n) is 9.86. The maximum Gasteiger partial charge on any atom is 0.289 e. The number of amides is 1. The topological polar surface area (TPSA) is 63.7 Å². The van der Waals surface area contributed by atoms with Crippen molar-refractivity contribution in [2.45, 2.75) is 32.7 Å². The van der Waals surface area contributed by atoms with Gasteiger partial charge in [0, 0.05) is 37.0 Å². The van der Waals surface area contributed by atoms with Crippen LogP contribution >= 0.6 is 0 Å². The molecular formula is C24H23NO4. The molecule has 0 aliphatic heterocycles. The molecule has 0 saturated carbocycles. The molecule has 0 saturated heterocycles. The summed E-state index contributed by atoms with van der Waals surface area (Å²) in [4.78, 5) is 26.9. The fraction of sp³-hybridized carbons (Fsp3) is 0.250. The highest BCUT2D eigenvalue weighted by Crippen LogP contribution is 2.28. The summed E-state index contributed by atoms with van der Waals surface area (Å²) < 4.78 is 11.8. The van der Waals surface area contributed by atoms with E-state index in [4.69, 9.17) is 8.83 Å². The molecule has 148 valence electrons. The fourth-order valence-corrected chi connectivity index (χ4v) is 3.57. The standard InChI is InChI=1S/C24H23NO4/c1-3-4-11-22-18(16-9-5-7-12-20(16)28-22)15-25(2)24(27)23-14-19(26)17-10-6-8-13-21(17)29-23/h5-10,12-14H,3-4,11,15H2,1-2H3. The van der Waals surface area contributed by atoms with E-state index >= 15 is 0 Å². The van der Waals surface area contributed by atoms with Gasteiger partial charge in [0.05, 0.1) is 5.39 Å². The molecule has 2 aromatic carbocycles. The van der Waals surface area contributed by atoms with Crippen LogP contribution in [0.1, 0.15) is 41.6 Å². The van der Waals surface area contributed by atoms with Gasteiger partial charge >= 0.3 is 0 Å². The first-order valence-corrected chi connectivity index (χ1v) is 9.86. The van der Waals surface area contributed by atoms with Gasteiger partial charge in [-0.2, -0.15) is 0 Å². The average molecular weight is 389 g/mol. The number of fused-ring (bicyclic) bond motifs is 2. The van der Waals surface area contributed by atoms with Crippen LogP contribution in [0.2, 0.25) is 0 Å². The zero-order valence-electron chi connectivity index (χ0n) is 16.6. The Kier molecular flexibility index (Phi) is 5.21. The Balaban J connectivity index is 1.66. The summed E-state index contributed by atoms with van der Waals surface area (Å²) in [6.45, 7) is 2.52. The summed E-state index contributed by atoms with van der Waals surface area (Å²) in [6.07, 6.45) is 2.91. The fourth-order valence-electron chi connectivity index (χ4n) is 3.57. The lowest BCUT2D eigenvalue weighted by molar-refractivity contribution is 0.0754. The molecule has 0 atom stereocenters. The van der Waals surface area contributed by atoms with Gasteiger partial charge in [0.1, 0.15) is 16.9 Å². The van der Waals surface area contributed by atoms with Gasteiger partial charge in [-0.3, -0.25) is 9.59 Å². The number of furan rings is 1. The number of unbranched alkanes of at least 4 members (excludes halogenated alkanes) is 1. The third-order valence-electron chi connectivity index (χ3n) is 5.13. The smallest absolute Gasteiger partial charge is 0.289 e. The molecule has 0 spiro atoms. The van der Waals surface area contributed by atoms with Crippen molar-refractivity contribution >= 4 is 27.8 Å². The number of hydrogen-bond donors (Lipinski definition) is 0. The molecule has 0 fully saturated rings. The highest BCUT2D eigenvalue weighted by atomic mass is 16.3. The van der Waals surface area contributed by atoms with Crippen LogP contribution in [-0.4, -0.2) is 17.9 Å². The van der Waals surface area contributed by atoms with Gasteiger partial charge in [0.15, 0.2) is 11.2 Å². The van der Waals surface area contributed by atoms with Crippen LogP contribution in [0.4, 0.5) is 0 Å². The second-order valence-corrected chi connectivity index (χ2v) is 7.24. The second kappa shape index (κ2) is 7.95. The molecule has 0 N–H and O–H groups in total. The average Bonchev–Trinajstić information content (AvgIpc) is 3.09. The summed E-state index contributed by atoms with van der Waals surface area (Å²) in [5, 5.41) is 1.48. The van der Waals surface area contributed by atoms with Crippen molar-refractivity contribution in [1.29, 1.82) is 0 Å². The molecule has 2 heterocycles. The first kappa shape index (κ1) is 19.0. The van der Waals surface area contributed by atoms with Crippen molar-refractivity contribution < 1.29 is 13.6 Å². The van der Waals surface area contributed by atoms with Gasteiger partial charge in [-0.15, -0.1) is 0 Å². The molecule has 5 heteroatoms. The van der Waals surface area contributed by atoms with E-state index in [0.717, 1.165) is 41.6 Å². The Morgan fingerprint density at radius 1 is 0.966 bits per heavy atom. The van der Waals surface area contributed by atoms with Crippen molar-refractivity contribution in [1.82, 2.24) is 4.90 Å². The van der Waals surface area contributed by atoms with Gasteiger partial charge < -0.3 is 13.7 Å². The Morgan fingerprint density at radius 3 is 2.34 bits per heavy atom. The molecule has 0 bridgehead atoms. The van der Waals surface area contributed by atoms with E-state index in [0.29, 0.717) is 17.5 Å². The zero-order valence-corrected chi connectivity index (χ0v) is 16.6. The minimum Gasteiger partial charge on any atom is -0.461 e. The van der Waals surface area contributed by atoms with Gasteiger partial charge in [-0.1, -0.05) is 43.7 Å². The van der Waals surface area contributed by atoms with Gasteiger partial charge in [-0.25, -0.2) is 0 Å². The third kappa shape index (κ3) is 3.68. The number of nitrogens with zero attached hydrogens (tertiary/aromatic N) is 1. The van der Waals surface area contributed by atoms with Gasteiger partial charge in [-0.05, 0) is 24.6 Å². The predicted molar refractivity (Wildman–Crippen MR) is 113 cm³/mol. The largest absolute Gasteiger partial charge is 0.461 e. The number of para-hydroxylation sites is 2. The number of benzene rings is 2. The first-order chi connectivity index (χ1) is 14.1. The number of carbonyl (C=O) groups excluding carboxylic acids is 1. The van der Waals surface area contributed by atoms with E-state index in [1.807, 2.05) is 24.3 Å². The number of aryl methyl sites for hydroxylation is 1. The minimum atomic E-state index is -0.334. The molecule has 2 aromatic heterocycles. The monoisotopic (exact) mass is 389 g/mol. The summed E-state index contributed by atoms with van der Waals surface area (Å²) in [7, 11) is 1.71.